The van der Waals surface area contributed by atoms with Crippen molar-refractivity contribution in [3.8, 4) is 5.75 Å². The first-order valence-electron chi connectivity index (χ1n) is 10.5. The number of hydrogen-bond acceptors (Lipinski definition) is 7. The van der Waals surface area contributed by atoms with Crippen LogP contribution >= 0.6 is 11.3 Å². The molecule has 0 aliphatic rings. The molecule has 0 amide bonds. The average Bonchev–Trinajstić information content (AvgIpc) is 3.31. The molecule has 0 N–H and O–H groups in total. The monoisotopic (exact) mass is 474 g/mol. The molecule has 3 rings (SSSR count). The van der Waals surface area contributed by atoms with Crippen LogP contribution in [-0.2, 0) is 22.6 Å². The average molecular weight is 475 g/mol. The minimum Gasteiger partial charge on any atom is -0.486 e. The molecule has 3 aromatic rings. The van der Waals surface area contributed by atoms with Crippen molar-refractivity contribution >= 4 is 23.1 Å². The Morgan fingerprint density at radius 2 is 1.88 bits per heavy atom. The Balaban J connectivity index is 1.58. The summed E-state index contributed by atoms with van der Waals surface area (Å²) in [6.07, 6.45) is 0.841. The maximum atomic E-state index is 13.0. The van der Waals surface area contributed by atoms with Crippen molar-refractivity contribution in [2.75, 3.05) is 20.3 Å². The topological polar surface area (TPSA) is 79.7 Å². The molecule has 2 heterocycles. The van der Waals surface area contributed by atoms with E-state index in [4.69, 9.17) is 14.2 Å². The molecule has 9 heteroatoms. The minimum atomic E-state index is -0.597. The molecule has 0 saturated carbocycles. The van der Waals surface area contributed by atoms with Gasteiger partial charge in [0.25, 0.3) is 0 Å². The van der Waals surface area contributed by atoms with Crippen LogP contribution in [0.2, 0.25) is 0 Å². The highest BCUT2D eigenvalue weighted by atomic mass is 32.1. The molecule has 0 bridgehead atoms. The van der Waals surface area contributed by atoms with Crippen LogP contribution < -0.4 is 4.74 Å². The quantitative estimate of drug-likeness (QED) is 0.228. The van der Waals surface area contributed by atoms with Gasteiger partial charge in [0.15, 0.2) is 6.61 Å². The summed E-state index contributed by atoms with van der Waals surface area (Å²) in [7, 11) is 1.66. The van der Waals surface area contributed by atoms with Crippen LogP contribution in [0.25, 0.3) is 0 Å². The number of methoxy groups -OCH3 is 1. The van der Waals surface area contributed by atoms with E-state index in [0.717, 1.165) is 35.7 Å². The van der Waals surface area contributed by atoms with E-state index in [9.17, 15) is 14.0 Å². The third kappa shape index (κ3) is 6.27. The number of esters is 1. The predicted octanol–water partition coefficient (Wildman–Crippen LogP) is 4.66. The largest absolute Gasteiger partial charge is 0.486 e. The fourth-order valence-corrected chi connectivity index (χ4v) is 4.32. The smallest absolute Gasteiger partial charge is 0.350 e. The number of rotatable bonds is 11. The highest BCUT2D eigenvalue weighted by Crippen LogP contribution is 2.22. The van der Waals surface area contributed by atoms with E-state index < -0.39 is 5.97 Å². The molecule has 0 fully saturated rings. The predicted molar refractivity (Wildman–Crippen MR) is 123 cm³/mol. The normalized spacial score (nSPS) is 10.9. The first-order chi connectivity index (χ1) is 15.8. The number of nitrogens with zero attached hydrogens (tertiary/aromatic N) is 2. The lowest BCUT2D eigenvalue weighted by atomic mass is 10.1. The van der Waals surface area contributed by atoms with Crippen LogP contribution in [0.4, 0.5) is 4.39 Å². The van der Waals surface area contributed by atoms with E-state index in [1.54, 1.807) is 14.0 Å². The van der Waals surface area contributed by atoms with Gasteiger partial charge in [-0.15, -0.1) is 11.3 Å². The lowest BCUT2D eigenvalue weighted by Gasteiger charge is -2.09. The van der Waals surface area contributed by atoms with Crippen molar-refractivity contribution in [2.24, 2.45) is 0 Å². The molecule has 1 aromatic carbocycles. The zero-order chi connectivity index (χ0) is 24.0. The lowest BCUT2D eigenvalue weighted by Crippen LogP contribution is -2.15. The standard InChI is InChI=1S/C24H27FN2O5S/c1-15-12-20(17(3)27(15)10-5-11-30-4)21(28)13-32-24(29)23-16(2)26-22(33-23)14-31-19-8-6-18(25)7-9-19/h6-9,12H,5,10-11,13-14H2,1-4H3. The minimum absolute atomic E-state index is 0.137. The van der Waals surface area contributed by atoms with Crippen LogP contribution in [0, 0.1) is 26.6 Å². The summed E-state index contributed by atoms with van der Waals surface area (Å²) < 4.78 is 31.0. The summed E-state index contributed by atoms with van der Waals surface area (Å²) >= 11 is 1.15. The molecule has 0 unspecified atom stereocenters. The summed E-state index contributed by atoms with van der Waals surface area (Å²) in [6.45, 7) is 6.71. The van der Waals surface area contributed by atoms with E-state index in [1.165, 1.54) is 24.3 Å². The zero-order valence-electron chi connectivity index (χ0n) is 19.1. The highest BCUT2D eigenvalue weighted by molar-refractivity contribution is 7.13. The fraction of sp³-hybridized carbons (Fsp3) is 0.375. The Hall–Kier alpha value is -3.04. The number of aryl methyl sites for hydroxylation is 2. The molecule has 7 nitrogen and oxygen atoms in total. The molecule has 0 aliphatic carbocycles. The second-order valence-corrected chi connectivity index (χ2v) is 8.63. The fourth-order valence-electron chi connectivity index (χ4n) is 3.45. The molecule has 0 saturated heterocycles. The third-order valence-corrected chi connectivity index (χ3v) is 6.25. The Labute approximate surface area is 196 Å². The van der Waals surface area contributed by atoms with Gasteiger partial charge in [0.2, 0.25) is 5.78 Å². The number of Topliss-reactive ketones (excluding diaryl/α,β-unsaturated/α-hetero) is 1. The molecule has 0 atom stereocenters. The number of carbonyl (C=O) groups is 2. The van der Waals surface area contributed by atoms with E-state index >= 15 is 0 Å². The van der Waals surface area contributed by atoms with Gasteiger partial charge in [-0.2, -0.15) is 0 Å². The Morgan fingerprint density at radius 3 is 2.58 bits per heavy atom. The van der Waals surface area contributed by atoms with Crippen LogP contribution in [0.1, 0.15) is 48.5 Å². The number of carbonyl (C=O) groups excluding carboxylic acids is 2. The Morgan fingerprint density at radius 1 is 1.15 bits per heavy atom. The molecular weight excluding hydrogens is 447 g/mol. The second-order valence-electron chi connectivity index (χ2n) is 7.55. The summed E-state index contributed by atoms with van der Waals surface area (Å²) in [5, 5.41) is 0.578. The van der Waals surface area contributed by atoms with E-state index in [0.29, 0.717) is 33.5 Å². The highest BCUT2D eigenvalue weighted by Gasteiger charge is 2.21. The SMILES string of the molecule is COCCCn1c(C)cc(C(=O)COC(=O)c2sc(COc3ccc(F)cc3)nc2C)c1C. The van der Waals surface area contributed by atoms with Gasteiger partial charge in [-0.1, -0.05) is 0 Å². The van der Waals surface area contributed by atoms with Gasteiger partial charge in [0.1, 0.15) is 28.1 Å². The summed E-state index contributed by atoms with van der Waals surface area (Å²) in [4.78, 5) is 29.9. The van der Waals surface area contributed by atoms with Crippen LogP contribution in [0.3, 0.4) is 0 Å². The number of aromatic nitrogens is 2. The van der Waals surface area contributed by atoms with Gasteiger partial charge in [-0.3, -0.25) is 4.79 Å². The van der Waals surface area contributed by atoms with Crippen LogP contribution in [0.5, 0.6) is 5.75 Å². The van der Waals surface area contributed by atoms with Gasteiger partial charge >= 0.3 is 5.97 Å². The van der Waals surface area contributed by atoms with Crippen molar-refractivity contribution < 1.29 is 28.2 Å². The third-order valence-electron chi connectivity index (χ3n) is 5.14. The number of thiazole rings is 1. The van der Waals surface area contributed by atoms with E-state index in [1.807, 2.05) is 19.9 Å². The number of benzene rings is 1. The zero-order valence-corrected chi connectivity index (χ0v) is 20.0. The number of halogens is 1. The Kier molecular flexibility index (Phi) is 8.35. The molecule has 0 spiro atoms. The van der Waals surface area contributed by atoms with Gasteiger partial charge in [0.05, 0.1) is 5.69 Å². The molecule has 0 radical (unpaired) electrons. The van der Waals surface area contributed by atoms with Crippen molar-refractivity contribution in [1.29, 1.82) is 0 Å². The lowest BCUT2D eigenvalue weighted by molar-refractivity contribution is 0.0478. The summed E-state index contributed by atoms with van der Waals surface area (Å²) in [5.41, 5.74) is 2.87. The molecule has 33 heavy (non-hydrogen) atoms. The van der Waals surface area contributed by atoms with Gasteiger partial charge in [0, 0.05) is 37.2 Å². The molecule has 176 valence electrons. The number of ketones is 1. The van der Waals surface area contributed by atoms with Gasteiger partial charge in [-0.25, -0.2) is 14.2 Å². The van der Waals surface area contributed by atoms with Crippen molar-refractivity contribution in [3.05, 3.63) is 68.7 Å². The Bertz CT molecular complexity index is 1120. The van der Waals surface area contributed by atoms with E-state index in [2.05, 4.69) is 9.55 Å². The maximum Gasteiger partial charge on any atom is 0.350 e. The van der Waals surface area contributed by atoms with Crippen LogP contribution in [-0.4, -0.2) is 41.6 Å². The van der Waals surface area contributed by atoms with E-state index in [-0.39, 0.29) is 24.8 Å². The van der Waals surface area contributed by atoms with Crippen molar-refractivity contribution in [2.45, 2.75) is 40.3 Å². The first-order valence-corrected chi connectivity index (χ1v) is 11.3. The second kappa shape index (κ2) is 11.2. The summed E-state index contributed by atoms with van der Waals surface area (Å²) in [5.74, 6) is -0.699. The summed E-state index contributed by atoms with van der Waals surface area (Å²) in [6, 6.07) is 7.47. The number of ether oxygens (including phenoxy) is 3. The van der Waals surface area contributed by atoms with Crippen molar-refractivity contribution in [3.63, 3.8) is 0 Å². The van der Waals surface area contributed by atoms with Crippen LogP contribution in [0.15, 0.2) is 30.3 Å². The first kappa shape index (κ1) is 24.6. The maximum absolute atomic E-state index is 13.0. The molecular formula is C24H27FN2O5S. The molecule has 0 aliphatic heterocycles. The van der Waals surface area contributed by atoms with Gasteiger partial charge in [-0.05, 0) is 57.5 Å². The molecule has 2 aromatic heterocycles. The van der Waals surface area contributed by atoms with Crippen molar-refractivity contribution in [1.82, 2.24) is 9.55 Å². The number of hydrogen-bond donors (Lipinski definition) is 0. The van der Waals surface area contributed by atoms with Gasteiger partial charge < -0.3 is 18.8 Å².